The van der Waals surface area contributed by atoms with E-state index < -0.39 is 12.0 Å². The molecule has 0 heterocycles. The van der Waals surface area contributed by atoms with Crippen molar-refractivity contribution in [3.63, 3.8) is 0 Å². The van der Waals surface area contributed by atoms with Crippen LogP contribution in [-0.4, -0.2) is 48.2 Å². The molecule has 0 saturated heterocycles. The van der Waals surface area contributed by atoms with Crippen LogP contribution in [0.1, 0.15) is 75.3 Å². The Morgan fingerprint density at radius 3 is 2.31 bits per heavy atom. The Balaban J connectivity index is 1.53. The first kappa shape index (κ1) is 35.6. The fourth-order valence-corrected chi connectivity index (χ4v) is 5.70. The number of esters is 1. The van der Waals surface area contributed by atoms with Crippen molar-refractivity contribution >= 4 is 17.8 Å². The van der Waals surface area contributed by atoms with Gasteiger partial charge in [-0.05, 0) is 54.9 Å². The number of hydrogen-bond acceptors (Lipinski definition) is 6. The van der Waals surface area contributed by atoms with Crippen LogP contribution in [0.5, 0.6) is 5.75 Å². The van der Waals surface area contributed by atoms with Gasteiger partial charge in [0.25, 0.3) is 0 Å². The normalized spacial score (nSPS) is 15.2. The number of hydrogen-bond donors (Lipinski definition) is 3. The van der Waals surface area contributed by atoms with Crippen molar-refractivity contribution in [1.29, 1.82) is 0 Å². The van der Waals surface area contributed by atoms with E-state index >= 15 is 0 Å². The van der Waals surface area contributed by atoms with Crippen molar-refractivity contribution in [2.45, 2.75) is 89.3 Å². The first-order valence-corrected chi connectivity index (χ1v) is 16.2. The Morgan fingerprint density at radius 1 is 0.911 bits per heavy atom. The van der Waals surface area contributed by atoms with E-state index in [-0.39, 0.29) is 49.9 Å². The van der Waals surface area contributed by atoms with E-state index in [1.165, 1.54) is 19.3 Å². The summed E-state index contributed by atoms with van der Waals surface area (Å²) in [6, 6.07) is 16.7. The van der Waals surface area contributed by atoms with Gasteiger partial charge in [0, 0.05) is 12.8 Å². The monoisotopic (exact) mass is 618 g/mol. The van der Waals surface area contributed by atoms with Crippen LogP contribution in [-0.2, 0) is 32.1 Å². The van der Waals surface area contributed by atoms with E-state index in [0.29, 0.717) is 31.8 Å². The maximum Gasteiger partial charge on any atom is 0.306 e. The van der Waals surface area contributed by atoms with Crippen LogP contribution in [0.2, 0.25) is 0 Å². The quantitative estimate of drug-likeness (QED) is 0.127. The molecule has 1 aliphatic rings. The SMILES string of the molecule is C=CCCC(=O)OC[C@H](CC1CCCCC1)NC(=O)[C@@H](CC=C)CC(=O)N[C@H](CO)Cc1ccc(OCc2ccccc2)cc1. The molecule has 2 aromatic carbocycles. The molecule has 0 aromatic heterocycles. The number of rotatable bonds is 20. The van der Waals surface area contributed by atoms with Crippen molar-refractivity contribution in [3.05, 3.63) is 91.0 Å². The number of carbonyl (C=O) groups is 3. The molecule has 0 unspecified atom stereocenters. The van der Waals surface area contributed by atoms with Gasteiger partial charge < -0.3 is 25.2 Å². The number of allylic oxidation sites excluding steroid dienone is 2. The third kappa shape index (κ3) is 13.7. The number of amides is 2. The number of benzene rings is 2. The van der Waals surface area contributed by atoms with E-state index in [1.807, 2.05) is 54.6 Å². The second-order valence-electron chi connectivity index (χ2n) is 12.0. The number of nitrogens with one attached hydrogen (secondary N) is 2. The lowest BCUT2D eigenvalue weighted by atomic mass is 9.84. The second kappa shape index (κ2) is 20.2. The van der Waals surface area contributed by atoms with Crippen molar-refractivity contribution in [3.8, 4) is 5.75 Å². The zero-order chi connectivity index (χ0) is 32.3. The fourth-order valence-electron chi connectivity index (χ4n) is 5.70. The van der Waals surface area contributed by atoms with Gasteiger partial charge in [-0.1, -0.05) is 86.7 Å². The summed E-state index contributed by atoms with van der Waals surface area (Å²) in [5, 5.41) is 16.0. The summed E-state index contributed by atoms with van der Waals surface area (Å²) in [7, 11) is 0. The van der Waals surface area contributed by atoms with Gasteiger partial charge >= 0.3 is 5.97 Å². The molecule has 2 amide bonds. The Bertz CT molecular complexity index is 1190. The summed E-state index contributed by atoms with van der Waals surface area (Å²) in [5.74, 6) is -0.332. The molecule has 1 saturated carbocycles. The number of aliphatic hydroxyl groups is 1. The highest BCUT2D eigenvalue weighted by molar-refractivity contribution is 5.86. The molecular formula is C37H50N2O6. The molecule has 8 nitrogen and oxygen atoms in total. The Labute approximate surface area is 268 Å². The van der Waals surface area contributed by atoms with E-state index in [4.69, 9.17) is 9.47 Å². The fraction of sp³-hybridized carbons (Fsp3) is 0.486. The van der Waals surface area contributed by atoms with Crippen molar-refractivity contribution < 1.29 is 29.0 Å². The number of carbonyl (C=O) groups excluding carboxylic acids is 3. The van der Waals surface area contributed by atoms with Crippen LogP contribution in [0.25, 0.3) is 0 Å². The molecule has 0 spiro atoms. The summed E-state index contributed by atoms with van der Waals surface area (Å²) in [6.07, 6.45) is 11.3. The van der Waals surface area contributed by atoms with Crippen LogP contribution in [0.3, 0.4) is 0 Å². The van der Waals surface area contributed by atoms with Crippen LogP contribution in [0.15, 0.2) is 79.9 Å². The average Bonchev–Trinajstić information content (AvgIpc) is 3.06. The topological polar surface area (TPSA) is 114 Å². The standard InChI is InChI=1S/C37H50N2O6/c1-3-5-17-36(42)45-27-33(23-28-13-8-6-9-14-28)39-37(43)31(12-4-2)24-35(41)38-32(25-40)22-29-18-20-34(21-19-29)44-26-30-15-10-7-11-16-30/h3-4,7,10-11,15-16,18-21,28,31-33,40H,1-2,5-6,8-9,12-14,17,22-27H2,(H,38,41)(H,39,43)/t31-,32-,33-/m0/s1. The number of ether oxygens (including phenoxy) is 2. The maximum atomic E-state index is 13.4. The minimum Gasteiger partial charge on any atom is -0.489 e. The predicted molar refractivity (Wildman–Crippen MR) is 176 cm³/mol. The molecule has 3 atom stereocenters. The Morgan fingerprint density at radius 2 is 1.64 bits per heavy atom. The highest BCUT2D eigenvalue weighted by Crippen LogP contribution is 2.28. The lowest BCUT2D eigenvalue weighted by molar-refractivity contribution is -0.145. The Hall–Kier alpha value is -3.91. The van der Waals surface area contributed by atoms with Crippen LogP contribution in [0.4, 0.5) is 0 Å². The zero-order valence-electron chi connectivity index (χ0n) is 26.5. The lowest BCUT2D eigenvalue weighted by Gasteiger charge is -2.28. The highest BCUT2D eigenvalue weighted by atomic mass is 16.5. The van der Waals surface area contributed by atoms with E-state index in [2.05, 4.69) is 23.8 Å². The van der Waals surface area contributed by atoms with E-state index in [0.717, 1.165) is 36.1 Å². The van der Waals surface area contributed by atoms with Crippen LogP contribution in [0, 0.1) is 11.8 Å². The summed E-state index contributed by atoms with van der Waals surface area (Å²) in [6.45, 7) is 7.76. The third-order valence-electron chi connectivity index (χ3n) is 8.18. The molecule has 3 rings (SSSR count). The highest BCUT2D eigenvalue weighted by Gasteiger charge is 2.27. The minimum atomic E-state index is -0.631. The molecule has 0 aliphatic heterocycles. The van der Waals surface area contributed by atoms with Gasteiger partial charge in [-0.25, -0.2) is 0 Å². The molecule has 45 heavy (non-hydrogen) atoms. The first-order chi connectivity index (χ1) is 21.9. The average molecular weight is 619 g/mol. The Kier molecular flexibility index (Phi) is 16.0. The molecular weight excluding hydrogens is 568 g/mol. The molecule has 0 radical (unpaired) electrons. The van der Waals surface area contributed by atoms with Crippen molar-refractivity contribution in [2.24, 2.45) is 11.8 Å². The molecule has 1 fully saturated rings. The van der Waals surface area contributed by atoms with E-state index in [1.54, 1.807) is 12.2 Å². The largest absolute Gasteiger partial charge is 0.489 e. The molecule has 2 aromatic rings. The maximum absolute atomic E-state index is 13.4. The van der Waals surface area contributed by atoms with Crippen LogP contribution >= 0.6 is 0 Å². The zero-order valence-corrected chi connectivity index (χ0v) is 26.5. The van der Waals surface area contributed by atoms with Gasteiger partial charge in [0.15, 0.2) is 0 Å². The number of aliphatic hydroxyl groups excluding tert-OH is 1. The smallest absolute Gasteiger partial charge is 0.306 e. The summed E-state index contributed by atoms with van der Waals surface area (Å²) in [4.78, 5) is 38.6. The third-order valence-corrected chi connectivity index (χ3v) is 8.18. The summed E-state index contributed by atoms with van der Waals surface area (Å²) < 4.78 is 11.3. The molecule has 244 valence electrons. The van der Waals surface area contributed by atoms with Gasteiger partial charge in [-0.3, -0.25) is 14.4 Å². The van der Waals surface area contributed by atoms with Gasteiger partial charge in [-0.15, -0.1) is 13.2 Å². The summed E-state index contributed by atoms with van der Waals surface area (Å²) in [5.41, 5.74) is 2.02. The van der Waals surface area contributed by atoms with E-state index in [9.17, 15) is 19.5 Å². The molecule has 1 aliphatic carbocycles. The van der Waals surface area contributed by atoms with Gasteiger partial charge in [0.05, 0.1) is 24.6 Å². The van der Waals surface area contributed by atoms with Crippen LogP contribution < -0.4 is 15.4 Å². The molecule has 0 bridgehead atoms. The second-order valence-corrected chi connectivity index (χ2v) is 12.0. The predicted octanol–water partition coefficient (Wildman–Crippen LogP) is 5.83. The summed E-state index contributed by atoms with van der Waals surface area (Å²) >= 11 is 0. The minimum absolute atomic E-state index is 0.0457. The van der Waals surface area contributed by atoms with Crippen molar-refractivity contribution in [1.82, 2.24) is 10.6 Å². The lowest BCUT2D eigenvalue weighted by Crippen LogP contribution is -2.45. The van der Waals surface area contributed by atoms with Gasteiger partial charge in [0.2, 0.25) is 11.8 Å². The molecule has 3 N–H and O–H groups in total. The van der Waals surface area contributed by atoms with Crippen molar-refractivity contribution in [2.75, 3.05) is 13.2 Å². The first-order valence-electron chi connectivity index (χ1n) is 16.2. The van der Waals surface area contributed by atoms with Gasteiger partial charge in [-0.2, -0.15) is 0 Å². The van der Waals surface area contributed by atoms with Gasteiger partial charge in [0.1, 0.15) is 19.0 Å². The molecule has 8 heteroatoms.